The number of carbonyl (C=O) groups is 1. The number of halogens is 2. The fourth-order valence-electron chi connectivity index (χ4n) is 2.84. The van der Waals surface area contributed by atoms with E-state index in [-0.39, 0.29) is 36.8 Å². The third-order valence-corrected chi connectivity index (χ3v) is 3.96. The van der Waals surface area contributed by atoms with Crippen LogP contribution >= 0.6 is 24.8 Å². The maximum absolute atomic E-state index is 12.5. The molecule has 1 aromatic rings. The van der Waals surface area contributed by atoms with Gasteiger partial charge in [-0.1, -0.05) is 12.1 Å². The van der Waals surface area contributed by atoms with E-state index < -0.39 is 0 Å². The Morgan fingerprint density at radius 3 is 2.68 bits per heavy atom. The summed E-state index contributed by atoms with van der Waals surface area (Å²) in [5, 5.41) is 3.34. The highest BCUT2D eigenvalue weighted by molar-refractivity contribution is 5.98. The van der Waals surface area contributed by atoms with Crippen molar-refractivity contribution in [1.82, 2.24) is 5.32 Å². The molecule has 5 nitrogen and oxygen atoms in total. The highest BCUT2D eigenvalue weighted by atomic mass is 35.5. The topological polar surface area (TPSA) is 44.8 Å². The number of hydrogen-bond donors (Lipinski definition) is 1. The van der Waals surface area contributed by atoms with Gasteiger partial charge in [-0.2, -0.15) is 0 Å². The van der Waals surface area contributed by atoms with Gasteiger partial charge in [-0.25, -0.2) is 0 Å². The lowest BCUT2D eigenvalue weighted by molar-refractivity contribution is -0.119. The third-order valence-electron chi connectivity index (χ3n) is 3.96. The summed E-state index contributed by atoms with van der Waals surface area (Å²) in [6.45, 7) is 3.82. The number of carbonyl (C=O) groups excluding carboxylic acids is 1. The fraction of sp³-hybridized carbons (Fsp3) is 0.533. The molecule has 0 saturated carbocycles. The second kappa shape index (κ2) is 8.58. The zero-order chi connectivity index (χ0) is 13.9. The molecule has 7 heteroatoms. The Kier molecular flexibility index (Phi) is 7.42. The minimum atomic E-state index is 0. The standard InChI is InChI=1S/C15H21N3O2.2ClH/c1-17-7-8-18(14-5-3-2-4-13(14)17)15(19)10-12-11-20-9-6-16-12;;/h2-5,12,16H,6-11H2,1H3;2*1H. The van der Waals surface area contributed by atoms with Crippen LogP contribution in [0.15, 0.2) is 24.3 Å². The van der Waals surface area contributed by atoms with Gasteiger partial charge in [-0.3, -0.25) is 4.79 Å². The molecule has 22 heavy (non-hydrogen) atoms. The van der Waals surface area contributed by atoms with E-state index in [2.05, 4.69) is 23.3 Å². The molecule has 124 valence electrons. The average molecular weight is 348 g/mol. The van der Waals surface area contributed by atoms with Gasteiger partial charge in [0, 0.05) is 39.1 Å². The van der Waals surface area contributed by atoms with Crippen LogP contribution in [0, 0.1) is 0 Å². The molecule has 1 aromatic carbocycles. The number of fused-ring (bicyclic) bond motifs is 1. The Labute approximate surface area is 143 Å². The number of rotatable bonds is 2. The second-order valence-electron chi connectivity index (χ2n) is 5.39. The van der Waals surface area contributed by atoms with E-state index in [1.54, 1.807) is 0 Å². The van der Waals surface area contributed by atoms with E-state index in [1.165, 1.54) is 0 Å². The van der Waals surface area contributed by atoms with Crippen molar-refractivity contribution in [3.05, 3.63) is 24.3 Å². The molecular weight excluding hydrogens is 325 g/mol. The van der Waals surface area contributed by atoms with Crippen LogP contribution in [0.4, 0.5) is 11.4 Å². The molecule has 0 spiro atoms. The number of likely N-dealkylation sites (N-methyl/N-ethyl adjacent to an activating group) is 1. The highest BCUT2D eigenvalue weighted by Gasteiger charge is 2.27. The first-order chi connectivity index (χ1) is 9.75. The van der Waals surface area contributed by atoms with Crippen LogP contribution in [0.3, 0.4) is 0 Å². The Bertz CT molecular complexity index is 495. The molecule has 1 saturated heterocycles. The molecule has 1 N–H and O–H groups in total. The summed E-state index contributed by atoms with van der Waals surface area (Å²) in [6.07, 6.45) is 0.498. The van der Waals surface area contributed by atoms with Crippen molar-refractivity contribution >= 4 is 42.1 Å². The lowest BCUT2D eigenvalue weighted by atomic mass is 10.1. The maximum Gasteiger partial charge on any atom is 0.228 e. The summed E-state index contributed by atoms with van der Waals surface area (Å²) in [6, 6.07) is 8.23. The van der Waals surface area contributed by atoms with Gasteiger partial charge in [0.25, 0.3) is 0 Å². The van der Waals surface area contributed by atoms with E-state index in [1.807, 2.05) is 23.1 Å². The molecule has 2 aliphatic rings. The van der Waals surface area contributed by atoms with Gasteiger partial charge in [-0.05, 0) is 12.1 Å². The van der Waals surface area contributed by atoms with Crippen LogP contribution in [-0.2, 0) is 9.53 Å². The van der Waals surface area contributed by atoms with Crippen molar-refractivity contribution in [2.45, 2.75) is 12.5 Å². The van der Waals surface area contributed by atoms with E-state index in [0.29, 0.717) is 13.0 Å². The zero-order valence-electron chi connectivity index (χ0n) is 12.7. The van der Waals surface area contributed by atoms with E-state index in [4.69, 9.17) is 4.74 Å². The van der Waals surface area contributed by atoms with Gasteiger partial charge in [0.05, 0.1) is 24.6 Å². The summed E-state index contributed by atoms with van der Waals surface area (Å²) in [4.78, 5) is 16.7. The fourth-order valence-corrected chi connectivity index (χ4v) is 2.84. The predicted octanol–water partition coefficient (Wildman–Crippen LogP) is 1.69. The highest BCUT2D eigenvalue weighted by Crippen LogP contribution is 2.32. The summed E-state index contributed by atoms with van der Waals surface area (Å²) >= 11 is 0. The SMILES string of the molecule is CN1CCN(C(=O)CC2COCCN2)c2ccccc21.Cl.Cl. The quantitative estimate of drug-likeness (QED) is 0.884. The van der Waals surface area contributed by atoms with E-state index in [9.17, 15) is 4.79 Å². The monoisotopic (exact) mass is 347 g/mol. The van der Waals surface area contributed by atoms with Crippen LogP contribution in [0.5, 0.6) is 0 Å². The van der Waals surface area contributed by atoms with Gasteiger partial charge < -0.3 is 19.9 Å². The molecule has 2 aliphatic heterocycles. The predicted molar refractivity (Wildman–Crippen MR) is 93.8 cm³/mol. The molecule has 0 bridgehead atoms. The minimum Gasteiger partial charge on any atom is -0.378 e. The van der Waals surface area contributed by atoms with Crippen molar-refractivity contribution < 1.29 is 9.53 Å². The number of nitrogens with one attached hydrogen (secondary N) is 1. The van der Waals surface area contributed by atoms with Gasteiger partial charge in [0.15, 0.2) is 0 Å². The number of amides is 1. The number of morpholine rings is 1. The van der Waals surface area contributed by atoms with Gasteiger partial charge in [-0.15, -0.1) is 24.8 Å². The number of ether oxygens (including phenoxy) is 1. The lowest BCUT2D eigenvalue weighted by Crippen LogP contribution is -2.48. The van der Waals surface area contributed by atoms with E-state index >= 15 is 0 Å². The Morgan fingerprint density at radius 2 is 2.00 bits per heavy atom. The Morgan fingerprint density at radius 1 is 1.27 bits per heavy atom. The molecule has 1 unspecified atom stereocenters. The molecule has 1 atom stereocenters. The summed E-state index contributed by atoms with van der Waals surface area (Å²) in [5.74, 6) is 0.175. The summed E-state index contributed by atoms with van der Waals surface area (Å²) in [7, 11) is 2.07. The molecule has 0 radical (unpaired) electrons. The van der Waals surface area contributed by atoms with Crippen molar-refractivity contribution in [1.29, 1.82) is 0 Å². The molecular formula is C15H23Cl2N3O2. The molecule has 1 amide bonds. The van der Waals surface area contributed by atoms with Crippen molar-refractivity contribution in [3.63, 3.8) is 0 Å². The number of para-hydroxylation sites is 2. The normalized spacial score (nSPS) is 20.5. The Balaban J connectivity index is 0.00000121. The number of nitrogens with zero attached hydrogens (tertiary/aromatic N) is 2. The first-order valence-corrected chi connectivity index (χ1v) is 7.17. The van der Waals surface area contributed by atoms with E-state index in [0.717, 1.165) is 37.6 Å². The Hall–Kier alpha value is -1.01. The van der Waals surface area contributed by atoms with Crippen molar-refractivity contribution in [3.8, 4) is 0 Å². The molecule has 2 heterocycles. The lowest BCUT2D eigenvalue weighted by Gasteiger charge is -2.36. The molecule has 3 rings (SSSR count). The maximum atomic E-state index is 12.5. The second-order valence-corrected chi connectivity index (χ2v) is 5.39. The zero-order valence-corrected chi connectivity index (χ0v) is 14.3. The van der Waals surface area contributed by atoms with Crippen LogP contribution in [0.25, 0.3) is 0 Å². The third kappa shape index (κ3) is 4.04. The number of benzene rings is 1. The van der Waals surface area contributed by atoms with Crippen LogP contribution < -0.4 is 15.1 Å². The van der Waals surface area contributed by atoms with Gasteiger partial charge in [0.1, 0.15) is 0 Å². The average Bonchev–Trinajstić information content (AvgIpc) is 2.49. The summed E-state index contributed by atoms with van der Waals surface area (Å²) in [5.41, 5.74) is 2.14. The number of anilines is 2. The van der Waals surface area contributed by atoms with Crippen molar-refractivity contribution in [2.24, 2.45) is 0 Å². The first kappa shape index (κ1) is 19.0. The summed E-state index contributed by atoms with van der Waals surface area (Å²) < 4.78 is 5.42. The van der Waals surface area contributed by atoms with Crippen LogP contribution in [-0.4, -0.2) is 51.8 Å². The number of hydrogen-bond acceptors (Lipinski definition) is 4. The molecule has 0 aliphatic carbocycles. The largest absolute Gasteiger partial charge is 0.378 e. The van der Waals surface area contributed by atoms with Gasteiger partial charge >= 0.3 is 0 Å². The smallest absolute Gasteiger partial charge is 0.228 e. The van der Waals surface area contributed by atoms with Crippen molar-refractivity contribution in [2.75, 3.05) is 49.7 Å². The first-order valence-electron chi connectivity index (χ1n) is 7.17. The minimum absolute atomic E-state index is 0. The van der Waals surface area contributed by atoms with Crippen LogP contribution in [0.2, 0.25) is 0 Å². The van der Waals surface area contributed by atoms with Crippen LogP contribution in [0.1, 0.15) is 6.42 Å². The van der Waals surface area contributed by atoms with Gasteiger partial charge in [0.2, 0.25) is 5.91 Å². The molecule has 0 aromatic heterocycles. The molecule has 1 fully saturated rings.